The number of likely N-dealkylation sites (N-methyl/N-ethyl adjacent to an activating group) is 1. The van der Waals surface area contributed by atoms with Crippen LogP contribution in [-0.4, -0.2) is 45.7 Å². The molecule has 0 spiro atoms. The molecule has 6 heteroatoms. The van der Waals surface area contributed by atoms with Crippen LogP contribution < -0.4 is 19.9 Å². The maximum Gasteiger partial charge on any atom is 0.291 e. The number of anilines is 2. The zero-order valence-electron chi connectivity index (χ0n) is 17.2. The number of fused-ring (bicyclic) bond motifs is 1. The summed E-state index contributed by atoms with van der Waals surface area (Å²) in [6.07, 6.45) is 0. The summed E-state index contributed by atoms with van der Waals surface area (Å²) < 4.78 is 11.5. The first-order chi connectivity index (χ1) is 14.1. The zero-order valence-corrected chi connectivity index (χ0v) is 17.2. The van der Waals surface area contributed by atoms with Crippen molar-refractivity contribution in [3.05, 3.63) is 53.8 Å². The molecule has 29 heavy (non-hydrogen) atoms. The summed E-state index contributed by atoms with van der Waals surface area (Å²) in [5, 5.41) is 3.96. The molecule has 2 aromatic carbocycles. The number of quaternary nitrogens is 1. The van der Waals surface area contributed by atoms with E-state index in [-0.39, 0.29) is 5.91 Å². The van der Waals surface area contributed by atoms with Crippen molar-refractivity contribution in [2.45, 2.75) is 13.8 Å². The molecular formula is C23H28N3O3+. The van der Waals surface area contributed by atoms with Gasteiger partial charge in [-0.05, 0) is 44.2 Å². The zero-order chi connectivity index (χ0) is 20.4. The second kappa shape index (κ2) is 8.17. The molecule has 3 aromatic rings. The van der Waals surface area contributed by atoms with Crippen molar-refractivity contribution in [2.75, 3.05) is 50.1 Å². The second-order valence-corrected chi connectivity index (χ2v) is 7.56. The van der Waals surface area contributed by atoms with Gasteiger partial charge in [0, 0.05) is 10.9 Å². The lowest BCUT2D eigenvalue weighted by molar-refractivity contribution is -0.880. The number of amides is 1. The third-order valence-corrected chi connectivity index (χ3v) is 5.53. The van der Waals surface area contributed by atoms with Crippen molar-refractivity contribution < 1.29 is 18.8 Å². The van der Waals surface area contributed by atoms with Gasteiger partial charge in [-0.15, -0.1) is 0 Å². The number of rotatable bonds is 5. The molecule has 152 valence electrons. The molecule has 1 aliphatic rings. The van der Waals surface area contributed by atoms with E-state index in [1.54, 1.807) is 0 Å². The van der Waals surface area contributed by atoms with Gasteiger partial charge in [-0.3, -0.25) is 4.79 Å². The number of para-hydroxylation sites is 2. The molecule has 0 radical (unpaired) electrons. The van der Waals surface area contributed by atoms with Gasteiger partial charge in [0.25, 0.3) is 5.91 Å². The number of carbonyl (C=O) groups excluding carboxylic acids is 1. The van der Waals surface area contributed by atoms with Crippen LogP contribution in [0.1, 0.15) is 23.0 Å². The minimum Gasteiger partial charge on any atom is -0.494 e. The number of ether oxygens (including phenoxy) is 1. The predicted octanol–water partition coefficient (Wildman–Crippen LogP) is 2.73. The van der Waals surface area contributed by atoms with E-state index >= 15 is 0 Å². The van der Waals surface area contributed by atoms with E-state index in [2.05, 4.69) is 23.3 Å². The largest absolute Gasteiger partial charge is 0.494 e. The van der Waals surface area contributed by atoms with Crippen LogP contribution in [0.2, 0.25) is 0 Å². The summed E-state index contributed by atoms with van der Waals surface area (Å²) in [6.45, 7) is 8.59. The number of hydrogen-bond donors (Lipinski definition) is 2. The van der Waals surface area contributed by atoms with Gasteiger partial charge in [-0.25, -0.2) is 0 Å². The summed E-state index contributed by atoms with van der Waals surface area (Å²) in [5.41, 5.74) is 3.37. The highest BCUT2D eigenvalue weighted by atomic mass is 16.5. The highest BCUT2D eigenvalue weighted by Crippen LogP contribution is 2.31. The van der Waals surface area contributed by atoms with Crippen molar-refractivity contribution in [1.82, 2.24) is 0 Å². The maximum atomic E-state index is 13.0. The van der Waals surface area contributed by atoms with Crippen LogP contribution in [0, 0.1) is 6.92 Å². The standard InChI is InChI=1S/C23H27N3O3/c1-4-28-17-9-10-21-18(15-17)16(2)22(29-21)23(27)24-19-7-5-6-8-20(19)26-13-11-25(3)12-14-26/h5-10,15H,4,11-14H2,1-3H3,(H,24,27)/p+1. The van der Waals surface area contributed by atoms with Gasteiger partial charge in [0.2, 0.25) is 0 Å². The third kappa shape index (κ3) is 3.93. The van der Waals surface area contributed by atoms with E-state index in [4.69, 9.17) is 9.15 Å². The Labute approximate surface area is 171 Å². The number of nitrogens with zero attached hydrogens (tertiary/aromatic N) is 1. The fourth-order valence-corrected chi connectivity index (χ4v) is 3.84. The first-order valence-electron chi connectivity index (χ1n) is 10.2. The number of hydrogen-bond acceptors (Lipinski definition) is 4. The third-order valence-electron chi connectivity index (χ3n) is 5.53. The summed E-state index contributed by atoms with van der Waals surface area (Å²) in [4.78, 5) is 16.9. The predicted molar refractivity (Wildman–Crippen MR) is 115 cm³/mol. The number of carbonyl (C=O) groups is 1. The van der Waals surface area contributed by atoms with Gasteiger partial charge in [0.05, 0.1) is 51.2 Å². The highest BCUT2D eigenvalue weighted by molar-refractivity contribution is 6.07. The molecule has 2 N–H and O–H groups in total. The number of furan rings is 1. The average Bonchev–Trinajstić information content (AvgIpc) is 3.06. The van der Waals surface area contributed by atoms with Crippen LogP contribution in [0.5, 0.6) is 5.75 Å². The lowest BCUT2D eigenvalue weighted by Gasteiger charge is -2.32. The minimum absolute atomic E-state index is 0.233. The first-order valence-corrected chi connectivity index (χ1v) is 10.2. The molecule has 2 heterocycles. The molecule has 1 saturated heterocycles. The van der Waals surface area contributed by atoms with Gasteiger partial charge in [0.15, 0.2) is 5.76 Å². The highest BCUT2D eigenvalue weighted by Gasteiger charge is 2.22. The van der Waals surface area contributed by atoms with Crippen LogP contribution >= 0.6 is 0 Å². The number of benzene rings is 2. The van der Waals surface area contributed by atoms with E-state index in [0.717, 1.165) is 54.3 Å². The SMILES string of the molecule is CCOc1ccc2oc(C(=O)Nc3ccccc3N3CC[NH+](C)CC3)c(C)c2c1. The van der Waals surface area contributed by atoms with E-state index in [9.17, 15) is 4.79 Å². The fraction of sp³-hybridized carbons (Fsp3) is 0.348. The van der Waals surface area contributed by atoms with Crippen LogP contribution in [0.15, 0.2) is 46.9 Å². The second-order valence-electron chi connectivity index (χ2n) is 7.56. The quantitative estimate of drug-likeness (QED) is 0.699. The molecular weight excluding hydrogens is 366 g/mol. The van der Waals surface area contributed by atoms with Crippen molar-refractivity contribution in [1.29, 1.82) is 0 Å². The van der Waals surface area contributed by atoms with E-state index in [1.165, 1.54) is 4.90 Å². The van der Waals surface area contributed by atoms with Crippen LogP contribution in [0.25, 0.3) is 11.0 Å². The first kappa shape index (κ1) is 19.3. The molecule has 0 atom stereocenters. The van der Waals surface area contributed by atoms with Gasteiger partial charge in [-0.2, -0.15) is 0 Å². The van der Waals surface area contributed by atoms with Crippen molar-refractivity contribution in [3.8, 4) is 5.75 Å². The Hall–Kier alpha value is -2.99. The van der Waals surface area contributed by atoms with Crippen LogP contribution in [0.4, 0.5) is 11.4 Å². The molecule has 0 bridgehead atoms. The van der Waals surface area contributed by atoms with Gasteiger partial charge >= 0.3 is 0 Å². The van der Waals surface area contributed by atoms with E-state index in [1.807, 2.05) is 50.2 Å². The maximum absolute atomic E-state index is 13.0. The summed E-state index contributed by atoms with van der Waals surface area (Å²) in [5.74, 6) is 0.883. The molecule has 0 aliphatic carbocycles. The summed E-state index contributed by atoms with van der Waals surface area (Å²) in [6, 6.07) is 13.6. The van der Waals surface area contributed by atoms with Gasteiger partial charge in [0.1, 0.15) is 11.3 Å². The Morgan fingerprint density at radius 1 is 1.21 bits per heavy atom. The smallest absolute Gasteiger partial charge is 0.291 e. The molecule has 1 aliphatic heterocycles. The Balaban J connectivity index is 1.59. The molecule has 1 amide bonds. The summed E-state index contributed by atoms with van der Waals surface area (Å²) in [7, 11) is 2.21. The number of nitrogens with one attached hydrogen (secondary N) is 2. The van der Waals surface area contributed by atoms with E-state index < -0.39 is 0 Å². The molecule has 1 fully saturated rings. The molecule has 1 aromatic heterocycles. The lowest BCUT2D eigenvalue weighted by Crippen LogP contribution is -3.12. The van der Waals surface area contributed by atoms with Gasteiger partial charge < -0.3 is 24.3 Å². The Bertz CT molecular complexity index is 1020. The minimum atomic E-state index is -0.233. The van der Waals surface area contributed by atoms with Crippen LogP contribution in [-0.2, 0) is 0 Å². The summed E-state index contributed by atoms with van der Waals surface area (Å²) >= 11 is 0. The van der Waals surface area contributed by atoms with Crippen molar-refractivity contribution in [2.24, 2.45) is 0 Å². The van der Waals surface area contributed by atoms with Crippen molar-refractivity contribution in [3.63, 3.8) is 0 Å². The molecule has 0 unspecified atom stereocenters. The average molecular weight is 394 g/mol. The molecule has 6 nitrogen and oxygen atoms in total. The molecule has 4 rings (SSSR count). The van der Waals surface area contributed by atoms with Gasteiger partial charge in [-0.1, -0.05) is 12.1 Å². The normalized spacial score (nSPS) is 14.9. The lowest BCUT2D eigenvalue weighted by atomic mass is 10.1. The topological polar surface area (TPSA) is 59.1 Å². The Morgan fingerprint density at radius 3 is 2.72 bits per heavy atom. The van der Waals surface area contributed by atoms with E-state index in [0.29, 0.717) is 18.0 Å². The Morgan fingerprint density at radius 2 is 1.97 bits per heavy atom. The monoisotopic (exact) mass is 394 g/mol. The Kier molecular flexibility index (Phi) is 5.45. The van der Waals surface area contributed by atoms with Crippen molar-refractivity contribution >= 4 is 28.3 Å². The fourth-order valence-electron chi connectivity index (χ4n) is 3.84. The number of piperazine rings is 1. The van der Waals surface area contributed by atoms with Crippen LogP contribution in [0.3, 0.4) is 0 Å². The molecule has 0 saturated carbocycles. The number of aryl methyl sites for hydroxylation is 1.